The van der Waals surface area contributed by atoms with Crippen LogP contribution >= 0.6 is 0 Å². The third kappa shape index (κ3) is 3.75. The van der Waals surface area contributed by atoms with Gasteiger partial charge in [-0.05, 0) is 160 Å². The molecule has 282 valence electrons. The summed E-state index contributed by atoms with van der Waals surface area (Å²) in [5, 5.41) is 0. The summed E-state index contributed by atoms with van der Waals surface area (Å²) in [6.07, 6.45) is 10.9. The summed E-state index contributed by atoms with van der Waals surface area (Å²) in [6.45, 7) is 0.134. The van der Waals surface area contributed by atoms with E-state index in [0.29, 0.717) is 0 Å². The first-order chi connectivity index (χ1) is 29.2. The highest BCUT2D eigenvalue weighted by Gasteiger charge is 2.58. The summed E-state index contributed by atoms with van der Waals surface area (Å²) in [6, 6.07) is 59.5. The Morgan fingerprint density at radius 1 is 0.424 bits per heavy atom. The topological polar surface area (TPSA) is 6.48 Å². The van der Waals surface area contributed by atoms with Crippen LogP contribution in [0.15, 0.2) is 152 Å². The predicted molar refractivity (Wildman–Crippen MR) is 244 cm³/mol. The van der Waals surface area contributed by atoms with Crippen molar-refractivity contribution in [2.24, 2.45) is 23.7 Å². The minimum Gasteiger partial charge on any atom is -0.311 e. The monoisotopic (exact) mass is 756 g/mol. The minimum atomic E-state index is 0.134. The number of hydrogen-bond donors (Lipinski definition) is 0. The first-order valence-electron chi connectivity index (χ1n) is 22.6. The van der Waals surface area contributed by atoms with Gasteiger partial charge in [0.25, 0.3) is 6.71 Å². The number of anilines is 6. The Kier molecular flexibility index (Phi) is 6.02. The fourth-order valence-electron chi connectivity index (χ4n) is 15.5. The zero-order valence-corrected chi connectivity index (χ0v) is 33.4. The quantitative estimate of drug-likeness (QED) is 0.162. The molecule has 2 aliphatic heterocycles. The third-order valence-corrected chi connectivity index (χ3v) is 17.4. The molecule has 2 heterocycles. The number of nitrogens with zero attached hydrogens (tertiary/aromatic N) is 2. The van der Waals surface area contributed by atoms with E-state index in [1.807, 2.05) is 0 Å². The molecule has 59 heavy (non-hydrogen) atoms. The molecule has 4 saturated carbocycles. The van der Waals surface area contributed by atoms with Crippen molar-refractivity contribution in [3.63, 3.8) is 0 Å². The van der Waals surface area contributed by atoms with Crippen LogP contribution in [0.3, 0.4) is 0 Å². The van der Waals surface area contributed by atoms with Gasteiger partial charge in [0.05, 0.1) is 5.69 Å². The number of rotatable bonds is 2. The van der Waals surface area contributed by atoms with Gasteiger partial charge in [-0.3, -0.25) is 0 Å². The van der Waals surface area contributed by atoms with Crippen molar-refractivity contribution >= 4 is 57.2 Å². The first kappa shape index (κ1) is 32.1. The lowest BCUT2D eigenvalue weighted by Crippen LogP contribution is -2.61. The number of hydrogen-bond acceptors (Lipinski definition) is 2. The summed E-state index contributed by atoms with van der Waals surface area (Å²) in [5.74, 6) is 3.20. The number of benzene rings is 7. The third-order valence-electron chi connectivity index (χ3n) is 17.4. The molecular formula is C56H45BN2. The van der Waals surface area contributed by atoms with E-state index < -0.39 is 0 Å². The fraction of sp³-hybridized carbons (Fsp3) is 0.250. The summed E-state index contributed by atoms with van der Waals surface area (Å²) in [5.41, 5.74) is 24.4. The highest BCUT2D eigenvalue weighted by Crippen LogP contribution is 2.68. The summed E-state index contributed by atoms with van der Waals surface area (Å²) >= 11 is 0. The molecule has 0 amide bonds. The van der Waals surface area contributed by atoms with Gasteiger partial charge in [-0.2, -0.15) is 0 Å². The van der Waals surface area contributed by atoms with Gasteiger partial charge in [0, 0.05) is 44.8 Å². The molecule has 2 unspecified atom stereocenters. The van der Waals surface area contributed by atoms with Crippen molar-refractivity contribution in [1.82, 2.24) is 0 Å². The maximum Gasteiger partial charge on any atom is 0.252 e. The molecule has 6 atom stereocenters. The van der Waals surface area contributed by atoms with E-state index >= 15 is 0 Å². The van der Waals surface area contributed by atoms with E-state index in [0.717, 1.165) is 23.7 Å². The van der Waals surface area contributed by atoms with Crippen LogP contribution in [0.5, 0.6) is 0 Å². The zero-order valence-electron chi connectivity index (χ0n) is 33.4. The Bertz CT molecular complexity index is 3000. The van der Waals surface area contributed by atoms with Crippen LogP contribution in [0, 0.1) is 23.7 Å². The van der Waals surface area contributed by atoms with Crippen LogP contribution in [0.25, 0.3) is 22.3 Å². The maximum absolute atomic E-state index is 2.66. The largest absolute Gasteiger partial charge is 0.311 e. The lowest BCUT2D eigenvalue weighted by Gasteiger charge is -2.44. The average Bonchev–Trinajstić information content (AvgIpc) is 4.17. The first-order valence-corrected chi connectivity index (χ1v) is 22.6. The Morgan fingerprint density at radius 3 is 1.64 bits per heavy atom. The van der Waals surface area contributed by atoms with Gasteiger partial charge >= 0.3 is 0 Å². The number of fused-ring (bicyclic) bond motifs is 20. The van der Waals surface area contributed by atoms with E-state index in [2.05, 4.69) is 161 Å². The predicted octanol–water partition coefficient (Wildman–Crippen LogP) is 11.9. The molecule has 0 radical (unpaired) electrons. The molecule has 0 aromatic heterocycles. The van der Waals surface area contributed by atoms with Gasteiger partial charge < -0.3 is 9.80 Å². The maximum atomic E-state index is 2.66. The highest BCUT2D eigenvalue weighted by atomic mass is 15.2. The van der Waals surface area contributed by atoms with Gasteiger partial charge in [-0.25, -0.2) is 0 Å². The van der Waals surface area contributed by atoms with Crippen LogP contribution in [0.4, 0.5) is 34.1 Å². The molecule has 4 bridgehead atoms. The minimum absolute atomic E-state index is 0.134. The van der Waals surface area contributed by atoms with E-state index in [-0.39, 0.29) is 17.5 Å². The zero-order chi connectivity index (χ0) is 38.2. The fourth-order valence-corrected chi connectivity index (χ4v) is 15.5. The van der Waals surface area contributed by atoms with Gasteiger partial charge in [0.1, 0.15) is 0 Å². The Morgan fingerprint density at radius 2 is 0.949 bits per heavy atom. The van der Waals surface area contributed by atoms with Crippen molar-refractivity contribution in [3.8, 4) is 22.3 Å². The molecule has 0 saturated heterocycles. The van der Waals surface area contributed by atoms with Crippen LogP contribution < -0.4 is 26.2 Å². The highest BCUT2D eigenvalue weighted by molar-refractivity contribution is 7.00. The van der Waals surface area contributed by atoms with Gasteiger partial charge in [-0.15, -0.1) is 0 Å². The summed E-state index contributed by atoms with van der Waals surface area (Å²) in [7, 11) is 0. The van der Waals surface area contributed by atoms with E-state index in [1.165, 1.54) is 124 Å². The summed E-state index contributed by atoms with van der Waals surface area (Å²) in [4.78, 5) is 5.27. The second-order valence-electron chi connectivity index (χ2n) is 19.6. The lowest BCUT2D eigenvalue weighted by molar-refractivity contribution is 0.327. The molecule has 8 aliphatic rings. The standard InChI is InChI=1S/C56H45BN2/c1-3-13-42-39(11-1)41-31-38(27-28-44(41)55(42)32-34-23-25-36(55)29-34)58-48-18-7-5-16-46(48)57-47-17-6-8-19-49(47)59(52-22-10-21-51(58)54(52)57)50-20-9-15-45-53(50)40-12-2-4-14-43(40)56(45)33-35-24-26-37(56)30-35/h1-22,27-28,31,34-37H,23-26,29-30,32-33H2/t34?,35-,36?,37+,55+,56+/m1/s1. The van der Waals surface area contributed by atoms with Crippen LogP contribution in [-0.4, -0.2) is 6.71 Å². The molecule has 2 spiro atoms. The lowest BCUT2D eigenvalue weighted by atomic mass is 9.33. The van der Waals surface area contributed by atoms with Crippen molar-refractivity contribution in [2.75, 3.05) is 9.80 Å². The molecule has 15 rings (SSSR count). The van der Waals surface area contributed by atoms with Crippen molar-refractivity contribution in [2.45, 2.75) is 62.2 Å². The van der Waals surface area contributed by atoms with Crippen molar-refractivity contribution < 1.29 is 0 Å². The van der Waals surface area contributed by atoms with E-state index in [4.69, 9.17) is 0 Å². The molecular weight excluding hydrogens is 711 g/mol. The second-order valence-corrected chi connectivity index (χ2v) is 19.6. The van der Waals surface area contributed by atoms with E-state index in [1.54, 1.807) is 22.3 Å². The summed E-state index contributed by atoms with van der Waals surface area (Å²) < 4.78 is 0. The van der Waals surface area contributed by atoms with Crippen LogP contribution in [-0.2, 0) is 10.8 Å². The number of para-hydroxylation sites is 2. The van der Waals surface area contributed by atoms with E-state index in [9.17, 15) is 0 Å². The molecule has 2 nitrogen and oxygen atoms in total. The molecule has 7 aromatic carbocycles. The Hall–Kier alpha value is -5.80. The molecule has 7 aromatic rings. The van der Waals surface area contributed by atoms with Gasteiger partial charge in [0.2, 0.25) is 0 Å². The van der Waals surface area contributed by atoms with Crippen molar-refractivity contribution in [3.05, 3.63) is 174 Å². The second kappa shape index (κ2) is 11.1. The average molecular weight is 757 g/mol. The smallest absolute Gasteiger partial charge is 0.252 e. The molecule has 0 N–H and O–H groups in total. The molecule has 4 fully saturated rings. The van der Waals surface area contributed by atoms with Crippen LogP contribution in [0.1, 0.15) is 73.6 Å². The molecule has 6 aliphatic carbocycles. The Balaban J connectivity index is 0.959. The van der Waals surface area contributed by atoms with Crippen LogP contribution in [0.2, 0.25) is 0 Å². The van der Waals surface area contributed by atoms with Crippen molar-refractivity contribution in [1.29, 1.82) is 0 Å². The van der Waals surface area contributed by atoms with Gasteiger partial charge in [0.15, 0.2) is 0 Å². The normalized spacial score (nSPS) is 27.5. The Labute approximate surface area is 347 Å². The molecule has 3 heteroatoms. The SMILES string of the molecule is c1ccc2c(c1)B1c3ccccc3N(c3cccc4c3-c3ccccc3[C@@]43C[C@@H]4CC[C@H]3C4)c3cccc(c31)N2c1ccc2c(c1)-c1ccccc1[C@@]21CC2CCC1C2. The van der Waals surface area contributed by atoms with Gasteiger partial charge in [-0.1, -0.05) is 122 Å².